The number of aromatic amines is 1. The Labute approximate surface area is 202 Å². The number of benzene rings is 1. The molecule has 0 aliphatic heterocycles. The van der Waals surface area contributed by atoms with Crippen LogP contribution in [0.3, 0.4) is 0 Å². The van der Waals surface area contributed by atoms with Gasteiger partial charge in [-0.05, 0) is 19.8 Å². The van der Waals surface area contributed by atoms with E-state index in [1.54, 1.807) is 0 Å². The van der Waals surface area contributed by atoms with Crippen molar-refractivity contribution in [3.63, 3.8) is 0 Å². The predicted octanol–water partition coefficient (Wildman–Crippen LogP) is 2.73. The fraction of sp³-hybridized carbons (Fsp3) is 0.435. The minimum absolute atomic E-state index is 0.00754. The Morgan fingerprint density at radius 1 is 1.09 bits per heavy atom. The SMILES string of the molecule is CCCCN(C(=O)CSc1nnc(-c2ccccc2)n1CC)c1c(N)n(CCC)c(=O)[nH]c1=O. The van der Waals surface area contributed by atoms with Gasteiger partial charge in [0.1, 0.15) is 5.82 Å². The van der Waals surface area contributed by atoms with E-state index in [0.29, 0.717) is 37.6 Å². The quantitative estimate of drug-likeness (QED) is 0.399. The van der Waals surface area contributed by atoms with Crippen LogP contribution in [0.25, 0.3) is 11.4 Å². The highest BCUT2D eigenvalue weighted by Crippen LogP contribution is 2.25. The van der Waals surface area contributed by atoms with Crippen molar-refractivity contribution in [3.8, 4) is 11.4 Å². The molecule has 1 aromatic carbocycles. The Hall–Kier alpha value is -3.34. The summed E-state index contributed by atoms with van der Waals surface area (Å²) in [5, 5.41) is 9.21. The molecular weight excluding hydrogens is 454 g/mol. The number of nitrogens with one attached hydrogen (secondary N) is 1. The summed E-state index contributed by atoms with van der Waals surface area (Å²) in [6.07, 6.45) is 2.17. The summed E-state index contributed by atoms with van der Waals surface area (Å²) in [4.78, 5) is 41.9. The van der Waals surface area contributed by atoms with Crippen molar-refractivity contribution in [2.75, 3.05) is 22.9 Å². The normalized spacial score (nSPS) is 11.0. The highest BCUT2D eigenvalue weighted by molar-refractivity contribution is 7.99. The van der Waals surface area contributed by atoms with E-state index in [2.05, 4.69) is 15.2 Å². The van der Waals surface area contributed by atoms with E-state index in [0.717, 1.165) is 17.8 Å². The fourth-order valence-corrected chi connectivity index (χ4v) is 4.53. The Kier molecular flexibility index (Phi) is 8.69. The third-order valence-corrected chi connectivity index (χ3v) is 6.31. The zero-order valence-electron chi connectivity index (χ0n) is 19.8. The number of thioether (sulfide) groups is 1. The van der Waals surface area contributed by atoms with Gasteiger partial charge in [0.15, 0.2) is 16.7 Å². The van der Waals surface area contributed by atoms with Crippen LogP contribution in [0.5, 0.6) is 0 Å². The van der Waals surface area contributed by atoms with Gasteiger partial charge in [0.05, 0.1) is 5.75 Å². The lowest BCUT2D eigenvalue weighted by Crippen LogP contribution is -2.42. The van der Waals surface area contributed by atoms with E-state index in [4.69, 9.17) is 5.73 Å². The molecule has 34 heavy (non-hydrogen) atoms. The molecule has 0 radical (unpaired) electrons. The number of anilines is 2. The van der Waals surface area contributed by atoms with Crippen LogP contribution in [0.1, 0.15) is 40.0 Å². The Balaban J connectivity index is 1.89. The first-order chi connectivity index (χ1) is 16.4. The lowest BCUT2D eigenvalue weighted by Gasteiger charge is -2.24. The van der Waals surface area contributed by atoms with E-state index >= 15 is 0 Å². The first-order valence-corrected chi connectivity index (χ1v) is 12.5. The molecule has 0 aliphatic rings. The summed E-state index contributed by atoms with van der Waals surface area (Å²) in [5.41, 5.74) is 5.95. The topological polar surface area (TPSA) is 132 Å². The molecule has 182 valence electrons. The zero-order chi connectivity index (χ0) is 24.7. The molecule has 3 aromatic rings. The summed E-state index contributed by atoms with van der Waals surface area (Å²) in [5.74, 6) is 0.494. The predicted molar refractivity (Wildman–Crippen MR) is 135 cm³/mol. The Morgan fingerprint density at radius 3 is 2.47 bits per heavy atom. The van der Waals surface area contributed by atoms with Gasteiger partial charge in [0.2, 0.25) is 5.91 Å². The second-order valence-electron chi connectivity index (χ2n) is 7.75. The Morgan fingerprint density at radius 2 is 1.82 bits per heavy atom. The zero-order valence-corrected chi connectivity index (χ0v) is 20.6. The number of hydrogen-bond donors (Lipinski definition) is 2. The molecular formula is C23H31N7O3S. The van der Waals surface area contributed by atoms with Crippen molar-refractivity contribution in [1.82, 2.24) is 24.3 Å². The van der Waals surface area contributed by atoms with Crippen LogP contribution in [-0.4, -0.2) is 42.5 Å². The molecule has 0 bridgehead atoms. The summed E-state index contributed by atoms with van der Waals surface area (Å²) in [6.45, 7) is 7.21. The molecule has 0 unspecified atom stereocenters. The number of hydrogen-bond acceptors (Lipinski definition) is 7. The van der Waals surface area contributed by atoms with Gasteiger partial charge < -0.3 is 15.2 Å². The van der Waals surface area contributed by atoms with Gasteiger partial charge in [0.25, 0.3) is 5.56 Å². The molecule has 10 nitrogen and oxygen atoms in total. The fourth-order valence-electron chi connectivity index (χ4n) is 3.65. The number of carbonyl (C=O) groups is 1. The maximum Gasteiger partial charge on any atom is 0.330 e. The number of rotatable bonds is 11. The van der Waals surface area contributed by atoms with Crippen LogP contribution in [-0.2, 0) is 17.9 Å². The van der Waals surface area contributed by atoms with Crippen LogP contribution in [0.2, 0.25) is 0 Å². The molecule has 2 heterocycles. The molecule has 3 N–H and O–H groups in total. The van der Waals surface area contributed by atoms with Crippen LogP contribution in [0.4, 0.5) is 11.5 Å². The van der Waals surface area contributed by atoms with Gasteiger partial charge in [-0.3, -0.25) is 19.1 Å². The minimum Gasteiger partial charge on any atom is -0.383 e. The molecule has 0 atom stereocenters. The third kappa shape index (κ3) is 5.41. The number of H-pyrrole nitrogens is 1. The van der Waals surface area contributed by atoms with Gasteiger partial charge in [-0.1, -0.05) is 62.4 Å². The molecule has 1 amide bonds. The van der Waals surface area contributed by atoms with Gasteiger partial charge >= 0.3 is 5.69 Å². The second kappa shape index (κ2) is 11.7. The highest BCUT2D eigenvalue weighted by atomic mass is 32.2. The van der Waals surface area contributed by atoms with Crippen LogP contribution in [0.15, 0.2) is 45.1 Å². The third-order valence-electron chi connectivity index (χ3n) is 5.36. The smallest absolute Gasteiger partial charge is 0.330 e. The number of nitrogens with zero attached hydrogens (tertiary/aromatic N) is 5. The summed E-state index contributed by atoms with van der Waals surface area (Å²) < 4.78 is 3.25. The van der Waals surface area contributed by atoms with Gasteiger partial charge in [0, 0.05) is 25.2 Å². The number of amides is 1. The molecule has 2 aromatic heterocycles. The molecule has 0 saturated heterocycles. The lowest BCUT2D eigenvalue weighted by molar-refractivity contribution is -0.116. The van der Waals surface area contributed by atoms with Gasteiger partial charge in [-0.2, -0.15) is 0 Å². The maximum atomic E-state index is 13.3. The van der Waals surface area contributed by atoms with Crippen LogP contribution in [0, 0.1) is 0 Å². The van der Waals surface area contributed by atoms with Gasteiger partial charge in [-0.25, -0.2) is 4.79 Å². The molecule has 0 spiro atoms. The van der Waals surface area contributed by atoms with E-state index in [9.17, 15) is 14.4 Å². The monoisotopic (exact) mass is 485 g/mol. The average molecular weight is 486 g/mol. The summed E-state index contributed by atoms with van der Waals surface area (Å²) in [6, 6.07) is 9.73. The highest BCUT2D eigenvalue weighted by Gasteiger charge is 2.25. The number of nitrogens with two attached hydrogens (primary N) is 1. The van der Waals surface area contributed by atoms with Crippen molar-refractivity contribution in [2.45, 2.75) is 58.3 Å². The van der Waals surface area contributed by atoms with Crippen LogP contribution < -0.4 is 21.9 Å². The van der Waals surface area contributed by atoms with Gasteiger partial charge in [-0.15, -0.1) is 10.2 Å². The van der Waals surface area contributed by atoms with Crippen molar-refractivity contribution < 1.29 is 4.79 Å². The number of unbranched alkanes of at least 4 members (excludes halogenated alkanes) is 1. The van der Waals surface area contributed by atoms with E-state index < -0.39 is 11.2 Å². The molecule has 0 saturated carbocycles. The standard InChI is InChI=1S/C23H31N7O3S/c1-4-7-14-29(18-19(24)30(13-5-2)22(33)25-21(18)32)17(31)15-34-23-27-26-20(28(23)6-3)16-11-9-8-10-12-16/h8-12H,4-7,13-15,24H2,1-3H3,(H,25,32,33). The summed E-state index contributed by atoms with van der Waals surface area (Å²) in [7, 11) is 0. The number of aromatic nitrogens is 5. The average Bonchev–Trinajstić information content (AvgIpc) is 3.25. The van der Waals surface area contributed by atoms with Crippen molar-refractivity contribution in [3.05, 3.63) is 51.2 Å². The lowest BCUT2D eigenvalue weighted by atomic mass is 10.2. The van der Waals surface area contributed by atoms with E-state index in [1.165, 1.54) is 21.2 Å². The second-order valence-corrected chi connectivity index (χ2v) is 8.69. The molecule has 0 fully saturated rings. The Bertz CT molecular complexity index is 1230. The first-order valence-electron chi connectivity index (χ1n) is 11.5. The minimum atomic E-state index is -0.660. The first kappa shape index (κ1) is 25.3. The number of nitrogen functional groups attached to an aromatic ring is 1. The van der Waals surface area contributed by atoms with Crippen molar-refractivity contribution >= 4 is 29.2 Å². The largest absolute Gasteiger partial charge is 0.383 e. The maximum absolute atomic E-state index is 13.3. The van der Waals surface area contributed by atoms with E-state index in [-0.39, 0.29) is 23.2 Å². The molecule has 11 heteroatoms. The van der Waals surface area contributed by atoms with Crippen LogP contribution >= 0.6 is 11.8 Å². The molecule has 3 rings (SSSR count). The number of carbonyl (C=O) groups excluding carboxylic acids is 1. The van der Waals surface area contributed by atoms with Crippen molar-refractivity contribution in [1.29, 1.82) is 0 Å². The summed E-state index contributed by atoms with van der Waals surface area (Å²) >= 11 is 1.26. The molecule has 0 aliphatic carbocycles. The van der Waals surface area contributed by atoms with E-state index in [1.807, 2.05) is 55.7 Å². The van der Waals surface area contributed by atoms with Crippen molar-refractivity contribution in [2.24, 2.45) is 0 Å².